The van der Waals surface area contributed by atoms with Crippen LogP contribution in [0, 0.1) is 5.41 Å². The topological polar surface area (TPSA) is 93.1 Å². The molecule has 2 atom stereocenters. The molecule has 7 heteroatoms. The number of nitrogens with zero attached hydrogens (tertiary/aromatic N) is 2. The third-order valence-electron chi connectivity index (χ3n) is 4.82. The van der Waals surface area contributed by atoms with E-state index >= 15 is 0 Å². The number of amides is 2. The maximum atomic E-state index is 12.3. The van der Waals surface area contributed by atoms with Crippen molar-refractivity contribution in [1.82, 2.24) is 15.1 Å². The molecular weight excluding hydrogens is 274 g/mol. The number of aliphatic hydroxyl groups is 1. The van der Waals surface area contributed by atoms with Crippen molar-refractivity contribution >= 4 is 12.0 Å². The van der Waals surface area contributed by atoms with E-state index in [0.29, 0.717) is 26.1 Å². The molecule has 1 aliphatic carbocycles. The molecule has 1 aliphatic heterocycles. The highest BCUT2D eigenvalue weighted by molar-refractivity contribution is 5.79. The second-order valence-corrected chi connectivity index (χ2v) is 6.17. The average molecular weight is 299 g/mol. The molecule has 2 aliphatic rings. The molecule has 1 heterocycles. The van der Waals surface area contributed by atoms with Crippen LogP contribution in [-0.2, 0) is 4.79 Å². The van der Waals surface area contributed by atoms with Gasteiger partial charge in [-0.25, -0.2) is 4.79 Å². The summed E-state index contributed by atoms with van der Waals surface area (Å²) < 4.78 is 0. The Kier molecular flexibility index (Phi) is 5.05. The molecule has 0 aromatic heterocycles. The maximum Gasteiger partial charge on any atom is 0.317 e. The zero-order chi connectivity index (χ0) is 15.5. The summed E-state index contributed by atoms with van der Waals surface area (Å²) in [6.45, 7) is 5.20. The van der Waals surface area contributed by atoms with E-state index in [4.69, 9.17) is 5.11 Å². The summed E-state index contributed by atoms with van der Waals surface area (Å²) in [5, 5.41) is 21.2. The van der Waals surface area contributed by atoms with Crippen LogP contribution in [-0.4, -0.2) is 77.4 Å². The number of carboxylic acid groups (broad SMARTS) is 1. The summed E-state index contributed by atoms with van der Waals surface area (Å²) >= 11 is 0. The van der Waals surface area contributed by atoms with Crippen LogP contribution in [0.1, 0.15) is 26.2 Å². The minimum atomic E-state index is -0.853. The number of hydrogen-bond donors (Lipinski definition) is 3. The Labute approximate surface area is 124 Å². The Morgan fingerprint density at radius 2 is 1.95 bits per heavy atom. The number of nitrogens with one attached hydrogen (secondary N) is 1. The van der Waals surface area contributed by atoms with Crippen molar-refractivity contribution in [2.24, 2.45) is 5.41 Å². The lowest BCUT2D eigenvalue weighted by Gasteiger charge is -2.36. The van der Waals surface area contributed by atoms with E-state index < -0.39 is 11.4 Å². The molecule has 0 radical (unpaired) electrons. The molecule has 2 unspecified atom stereocenters. The second kappa shape index (κ2) is 6.62. The van der Waals surface area contributed by atoms with Gasteiger partial charge in [0.15, 0.2) is 0 Å². The molecule has 7 nitrogen and oxygen atoms in total. The van der Waals surface area contributed by atoms with Crippen molar-refractivity contribution in [1.29, 1.82) is 0 Å². The highest BCUT2D eigenvalue weighted by Crippen LogP contribution is 2.38. The molecule has 1 saturated heterocycles. The summed E-state index contributed by atoms with van der Waals surface area (Å²) in [5.74, 6) is -0.835. The van der Waals surface area contributed by atoms with Crippen LogP contribution < -0.4 is 5.32 Å². The van der Waals surface area contributed by atoms with Crippen molar-refractivity contribution in [2.45, 2.75) is 32.2 Å². The van der Waals surface area contributed by atoms with Gasteiger partial charge in [0.05, 0.1) is 12.0 Å². The molecule has 120 valence electrons. The molecule has 0 spiro atoms. The largest absolute Gasteiger partial charge is 0.481 e. The fourth-order valence-electron chi connectivity index (χ4n) is 3.21. The molecule has 21 heavy (non-hydrogen) atoms. The quantitative estimate of drug-likeness (QED) is 0.677. The van der Waals surface area contributed by atoms with Gasteiger partial charge in [-0.3, -0.25) is 9.69 Å². The van der Waals surface area contributed by atoms with E-state index in [1.54, 1.807) is 11.8 Å². The molecule has 0 bridgehead atoms. The summed E-state index contributed by atoms with van der Waals surface area (Å²) in [6, 6.07) is -0.462. The van der Waals surface area contributed by atoms with Gasteiger partial charge in [-0.2, -0.15) is 0 Å². The zero-order valence-electron chi connectivity index (χ0n) is 12.5. The van der Waals surface area contributed by atoms with Gasteiger partial charge in [-0.1, -0.05) is 6.42 Å². The van der Waals surface area contributed by atoms with Crippen molar-refractivity contribution in [3.05, 3.63) is 0 Å². The third kappa shape index (κ3) is 3.47. The van der Waals surface area contributed by atoms with Crippen molar-refractivity contribution < 1.29 is 19.8 Å². The van der Waals surface area contributed by atoms with Crippen LogP contribution in [0.15, 0.2) is 0 Å². The van der Waals surface area contributed by atoms with Gasteiger partial charge < -0.3 is 20.4 Å². The Morgan fingerprint density at radius 3 is 2.52 bits per heavy atom. The summed E-state index contributed by atoms with van der Waals surface area (Å²) in [6.07, 6.45) is 2.16. The van der Waals surface area contributed by atoms with E-state index in [1.165, 1.54) is 0 Å². The van der Waals surface area contributed by atoms with Crippen LogP contribution >= 0.6 is 0 Å². The van der Waals surface area contributed by atoms with E-state index in [-0.39, 0.29) is 18.7 Å². The minimum absolute atomic E-state index is 0.130. The van der Waals surface area contributed by atoms with Crippen LogP contribution in [0.3, 0.4) is 0 Å². The van der Waals surface area contributed by atoms with Gasteiger partial charge in [-0.15, -0.1) is 0 Å². The van der Waals surface area contributed by atoms with Gasteiger partial charge >= 0.3 is 12.0 Å². The SMILES string of the molecule is CC1(C(=O)O)CCCC1NC(=O)N1CCN(CCO)CC1. The molecule has 0 aromatic carbocycles. The van der Waals surface area contributed by atoms with E-state index in [0.717, 1.165) is 25.9 Å². The first-order valence-corrected chi connectivity index (χ1v) is 7.59. The lowest BCUT2D eigenvalue weighted by molar-refractivity contribution is -0.148. The number of piperazine rings is 1. The van der Waals surface area contributed by atoms with Crippen LogP contribution in [0.25, 0.3) is 0 Å². The first kappa shape index (κ1) is 16.0. The summed E-state index contributed by atoms with van der Waals surface area (Å²) in [7, 11) is 0. The van der Waals surface area contributed by atoms with E-state index in [1.807, 2.05) is 0 Å². The smallest absolute Gasteiger partial charge is 0.317 e. The zero-order valence-corrected chi connectivity index (χ0v) is 12.5. The standard InChI is InChI=1S/C14H25N3O4/c1-14(12(19)20)4-2-3-11(14)15-13(21)17-7-5-16(6-8-17)9-10-18/h11,18H,2-10H2,1H3,(H,15,21)(H,19,20). The Morgan fingerprint density at radius 1 is 1.29 bits per heavy atom. The molecule has 1 saturated carbocycles. The first-order chi connectivity index (χ1) is 9.97. The Balaban J connectivity index is 1.86. The number of carbonyl (C=O) groups is 2. The molecule has 2 amide bonds. The minimum Gasteiger partial charge on any atom is -0.481 e. The first-order valence-electron chi connectivity index (χ1n) is 7.59. The van der Waals surface area contributed by atoms with Crippen molar-refractivity contribution in [3.63, 3.8) is 0 Å². The fourth-order valence-corrected chi connectivity index (χ4v) is 3.21. The third-order valence-corrected chi connectivity index (χ3v) is 4.82. The van der Waals surface area contributed by atoms with E-state index in [2.05, 4.69) is 10.2 Å². The highest BCUT2D eigenvalue weighted by atomic mass is 16.4. The Bertz CT molecular complexity index is 396. The number of β-amino-alcohol motifs (C(OH)–C–C–N with tert-alkyl or cyclic N) is 1. The molecule has 2 rings (SSSR count). The second-order valence-electron chi connectivity index (χ2n) is 6.17. The lowest BCUT2D eigenvalue weighted by Crippen LogP contribution is -2.56. The number of aliphatic carboxylic acids is 1. The average Bonchev–Trinajstić information content (AvgIpc) is 2.83. The molecule has 0 aromatic rings. The highest BCUT2D eigenvalue weighted by Gasteiger charge is 2.46. The number of rotatable bonds is 4. The molecule has 2 fully saturated rings. The predicted molar refractivity (Wildman–Crippen MR) is 77.0 cm³/mol. The van der Waals surface area contributed by atoms with Crippen molar-refractivity contribution in [2.75, 3.05) is 39.3 Å². The van der Waals surface area contributed by atoms with Crippen LogP contribution in [0.4, 0.5) is 4.79 Å². The monoisotopic (exact) mass is 299 g/mol. The van der Waals surface area contributed by atoms with E-state index in [9.17, 15) is 14.7 Å². The van der Waals surface area contributed by atoms with Gasteiger partial charge in [0.25, 0.3) is 0 Å². The number of hydrogen-bond acceptors (Lipinski definition) is 4. The summed E-state index contributed by atoms with van der Waals surface area (Å²) in [4.78, 5) is 27.5. The lowest BCUT2D eigenvalue weighted by atomic mass is 9.85. The number of carbonyl (C=O) groups excluding carboxylic acids is 1. The van der Waals surface area contributed by atoms with Gasteiger partial charge in [0.1, 0.15) is 0 Å². The van der Waals surface area contributed by atoms with Crippen molar-refractivity contribution in [3.8, 4) is 0 Å². The predicted octanol–water partition coefficient (Wildman–Crippen LogP) is -0.0507. The maximum absolute atomic E-state index is 12.3. The fraction of sp³-hybridized carbons (Fsp3) is 0.857. The summed E-state index contributed by atoms with van der Waals surface area (Å²) in [5.41, 5.74) is -0.853. The van der Waals surface area contributed by atoms with Gasteiger partial charge in [-0.05, 0) is 19.8 Å². The molecular formula is C14H25N3O4. The van der Waals surface area contributed by atoms with Gasteiger partial charge in [0.2, 0.25) is 0 Å². The number of carboxylic acids is 1. The normalized spacial score (nSPS) is 30.4. The molecule has 3 N–H and O–H groups in total. The number of aliphatic hydroxyl groups excluding tert-OH is 1. The number of urea groups is 1. The van der Waals surface area contributed by atoms with Gasteiger partial charge in [0, 0.05) is 38.8 Å². The Hall–Kier alpha value is -1.34. The van der Waals surface area contributed by atoms with Crippen LogP contribution in [0.2, 0.25) is 0 Å². The van der Waals surface area contributed by atoms with Crippen LogP contribution in [0.5, 0.6) is 0 Å².